The quantitative estimate of drug-likeness (QED) is 0.520. The second-order valence-electron chi connectivity index (χ2n) is 3.00. The summed E-state index contributed by atoms with van der Waals surface area (Å²) in [5, 5.41) is 20.3. The smallest absolute Gasteiger partial charge is 0.373 e. The predicted octanol–water partition coefficient (Wildman–Crippen LogP) is 0.633. The number of rotatable bonds is 4. The van der Waals surface area contributed by atoms with Gasteiger partial charge in [0, 0.05) is 6.54 Å². The van der Waals surface area contributed by atoms with E-state index in [2.05, 4.69) is 10.2 Å². The topological polar surface area (TPSA) is 82.5 Å². The molecule has 0 radical (unpaired) electrons. The van der Waals surface area contributed by atoms with Crippen LogP contribution in [-0.2, 0) is 6.54 Å². The van der Waals surface area contributed by atoms with Gasteiger partial charge in [-0.05, 0) is 19.0 Å². The van der Waals surface area contributed by atoms with Gasteiger partial charge in [-0.25, -0.2) is 9.78 Å². The van der Waals surface area contributed by atoms with E-state index in [0.717, 1.165) is 0 Å². The molecule has 1 heterocycles. The molecule has 0 atom stereocenters. The Labute approximate surface area is 92.2 Å². The predicted molar refractivity (Wildman–Crippen MR) is 56.9 cm³/mol. The molecule has 1 aromatic rings. The van der Waals surface area contributed by atoms with Crippen LogP contribution in [-0.4, -0.2) is 28.1 Å². The highest BCUT2D eigenvalue weighted by Gasteiger charge is 2.10. The average molecular weight is 228 g/mol. The molecule has 0 amide bonds. The zero-order valence-electron chi connectivity index (χ0n) is 8.07. The van der Waals surface area contributed by atoms with Gasteiger partial charge in [0.1, 0.15) is 5.15 Å². The van der Waals surface area contributed by atoms with Gasteiger partial charge >= 0.3 is 13.0 Å². The number of hydrogen-bond acceptors (Lipinski definition) is 4. The first-order valence-electron chi connectivity index (χ1n) is 4.31. The fourth-order valence-electron chi connectivity index (χ4n) is 0.982. The molecule has 80 valence electrons. The highest BCUT2D eigenvalue weighted by Crippen LogP contribution is 2.13. The van der Waals surface area contributed by atoms with Crippen molar-refractivity contribution < 1.29 is 14.9 Å². The molecule has 0 fully saturated rings. The molecule has 0 aliphatic carbocycles. The zero-order valence-corrected chi connectivity index (χ0v) is 8.82. The molecule has 0 aromatic carbocycles. The molecule has 15 heavy (non-hydrogen) atoms. The number of carboxylic acids is 1. The van der Waals surface area contributed by atoms with Crippen molar-refractivity contribution in [2.24, 2.45) is 0 Å². The van der Waals surface area contributed by atoms with Crippen LogP contribution in [0.15, 0.2) is 12.1 Å². The summed E-state index contributed by atoms with van der Waals surface area (Å²) in [4.78, 5) is 14.5. The van der Waals surface area contributed by atoms with Crippen LogP contribution in [0.4, 0.5) is 0 Å². The number of carboxylic acid groups (broad SMARTS) is 1. The largest absolute Gasteiger partial charge is 0.478 e. The van der Waals surface area contributed by atoms with Gasteiger partial charge < -0.3 is 15.4 Å². The number of aromatic nitrogens is 1. The molecule has 0 spiro atoms. The minimum atomic E-state index is -1.11. The van der Waals surface area contributed by atoms with Crippen LogP contribution < -0.4 is 5.23 Å². The van der Waals surface area contributed by atoms with E-state index in [1.54, 1.807) is 12.9 Å². The van der Waals surface area contributed by atoms with Crippen LogP contribution in [0.5, 0.6) is 0 Å². The van der Waals surface area contributed by atoms with Crippen LogP contribution in [0.3, 0.4) is 0 Å². The summed E-state index contributed by atoms with van der Waals surface area (Å²) >= 11 is 5.66. The third-order valence-electron chi connectivity index (χ3n) is 1.72. The highest BCUT2D eigenvalue weighted by molar-refractivity contribution is 6.45. The summed E-state index contributed by atoms with van der Waals surface area (Å²) in [5.74, 6) is -1.11. The Balaban J connectivity index is 2.78. The number of pyridine rings is 1. The van der Waals surface area contributed by atoms with Gasteiger partial charge in [0.2, 0.25) is 0 Å². The van der Waals surface area contributed by atoms with E-state index >= 15 is 0 Å². The van der Waals surface area contributed by atoms with Crippen LogP contribution in [0.25, 0.3) is 0 Å². The summed E-state index contributed by atoms with van der Waals surface area (Å²) < 4.78 is 0. The number of aromatic carboxylic acids is 1. The van der Waals surface area contributed by atoms with Crippen molar-refractivity contribution in [3.8, 4) is 0 Å². The normalized spacial score (nSPS) is 10.1. The maximum atomic E-state index is 10.6. The lowest BCUT2D eigenvalue weighted by Crippen LogP contribution is -2.30. The van der Waals surface area contributed by atoms with Crippen LogP contribution >= 0.6 is 11.6 Å². The first kappa shape index (κ1) is 12.0. The van der Waals surface area contributed by atoms with Gasteiger partial charge in [-0.3, -0.25) is 0 Å². The van der Waals surface area contributed by atoms with Crippen LogP contribution in [0.2, 0.25) is 12.0 Å². The van der Waals surface area contributed by atoms with Crippen molar-refractivity contribution >= 4 is 24.6 Å². The number of nitrogens with one attached hydrogen (secondary N) is 1. The first-order chi connectivity index (χ1) is 7.00. The molecule has 1 rings (SSSR count). The van der Waals surface area contributed by atoms with E-state index in [4.69, 9.17) is 21.7 Å². The van der Waals surface area contributed by atoms with E-state index in [1.807, 2.05) is 0 Å². The molecule has 0 saturated heterocycles. The molecular weight excluding hydrogens is 218 g/mol. The second kappa shape index (κ2) is 5.11. The second-order valence-corrected chi connectivity index (χ2v) is 3.36. The number of hydrogen-bond donors (Lipinski definition) is 3. The fraction of sp³-hybridized carbons (Fsp3) is 0.250. The lowest BCUT2D eigenvalue weighted by molar-refractivity contribution is 0.0696. The summed E-state index contributed by atoms with van der Waals surface area (Å²) in [5.41, 5.74) is 0.545. The van der Waals surface area contributed by atoms with Crippen molar-refractivity contribution in [1.82, 2.24) is 10.2 Å². The Morgan fingerprint density at radius 2 is 2.33 bits per heavy atom. The Kier molecular flexibility index (Phi) is 4.08. The molecule has 0 saturated carbocycles. The SMILES string of the molecule is CB(O)NCc1ccc(C(=O)O)c(Cl)n1. The molecule has 3 N–H and O–H groups in total. The van der Waals surface area contributed by atoms with Crippen molar-refractivity contribution in [2.75, 3.05) is 0 Å². The minimum Gasteiger partial charge on any atom is -0.478 e. The van der Waals surface area contributed by atoms with Crippen molar-refractivity contribution in [1.29, 1.82) is 0 Å². The molecule has 0 bridgehead atoms. The monoisotopic (exact) mass is 228 g/mol. The van der Waals surface area contributed by atoms with Gasteiger partial charge in [-0.15, -0.1) is 0 Å². The summed E-state index contributed by atoms with van der Waals surface area (Å²) in [6.45, 7) is 1.91. The van der Waals surface area contributed by atoms with Crippen LogP contribution in [0.1, 0.15) is 16.1 Å². The number of nitrogens with zero attached hydrogens (tertiary/aromatic N) is 1. The number of halogens is 1. The van der Waals surface area contributed by atoms with Crippen molar-refractivity contribution in [3.63, 3.8) is 0 Å². The third-order valence-corrected chi connectivity index (χ3v) is 2.00. The molecule has 5 nitrogen and oxygen atoms in total. The maximum absolute atomic E-state index is 10.6. The lowest BCUT2D eigenvalue weighted by Gasteiger charge is -2.05. The number of carbonyl (C=O) groups is 1. The van der Waals surface area contributed by atoms with E-state index in [0.29, 0.717) is 12.2 Å². The summed E-state index contributed by atoms with van der Waals surface area (Å²) in [6.07, 6.45) is 0. The standard InChI is InChI=1S/C8H10BClN2O3/c1-9(15)11-4-5-2-3-6(8(13)14)7(10)12-5/h2-3,11,15H,4H2,1H3,(H,13,14). The molecule has 0 aliphatic rings. The molecule has 0 unspecified atom stereocenters. The Morgan fingerprint density at radius 3 is 2.80 bits per heavy atom. The Bertz CT molecular complexity index is 373. The maximum Gasteiger partial charge on any atom is 0.373 e. The minimum absolute atomic E-state index is 0.0301. The van der Waals surface area contributed by atoms with E-state index in [9.17, 15) is 4.79 Å². The molecule has 1 aromatic heterocycles. The van der Waals surface area contributed by atoms with Gasteiger partial charge in [0.25, 0.3) is 0 Å². The van der Waals surface area contributed by atoms with Crippen molar-refractivity contribution in [2.45, 2.75) is 13.4 Å². The van der Waals surface area contributed by atoms with Crippen molar-refractivity contribution in [3.05, 3.63) is 28.5 Å². The van der Waals surface area contributed by atoms with E-state index in [-0.39, 0.29) is 10.7 Å². The van der Waals surface area contributed by atoms with Gasteiger partial charge in [-0.2, -0.15) is 0 Å². The summed E-state index contributed by atoms with van der Waals surface area (Å²) in [7, 11) is -0.648. The average Bonchev–Trinajstić information content (AvgIpc) is 2.14. The lowest BCUT2D eigenvalue weighted by atomic mass is 9.89. The Morgan fingerprint density at radius 1 is 1.67 bits per heavy atom. The Hall–Kier alpha value is -1.11. The summed E-state index contributed by atoms with van der Waals surface area (Å²) in [6, 6.07) is 2.93. The van der Waals surface area contributed by atoms with Gasteiger partial charge in [0.15, 0.2) is 0 Å². The molecular formula is C8H10BClN2O3. The van der Waals surface area contributed by atoms with Crippen LogP contribution in [0, 0.1) is 0 Å². The van der Waals surface area contributed by atoms with Gasteiger partial charge in [0.05, 0.1) is 11.3 Å². The molecule has 0 aliphatic heterocycles. The first-order valence-corrected chi connectivity index (χ1v) is 4.68. The zero-order chi connectivity index (χ0) is 11.4. The van der Waals surface area contributed by atoms with Gasteiger partial charge in [-0.1, -0.05) is 11.6 Å². The molecule has 7 heteroatoms. The van der Waals surface area contributed by atoms with E-state index < -0.39 is 13.0 Å². The fourth-order valence-corrected chi connectivity index (χ4v) is 1.23. The van der Waals surface area contributed by atoms with E-state index in [1.165, 1.54) is 6.07 Å². The third kappa shape index (κ3) is 3.51. The highest BCUT2D eigenvalue weighted by atomic mass is 35.5.